The molecule has 1 amide bonds. The van der Waals surface area contributed by atoms with E-state index in [0.717, 1.165) is 0 Å². The van der Waals surface area contributed by atoms with Crippen molar-refractivity contribution in [3.63, 3.8) is 0 Å². The van der Waals surface area contributed by atoms with Crippen LogP contribution in [0.15, 0.2) is 18.2 Å². The van der Waals surface area contributed by atoms with Gasteiger partial charge in [0.2, 0.25) is 0 Å². The van der Waals surface area contributed by atoms with Gasteiger partial charge in [0.15, 0.2) is 5.82 Å². The van der Waals surface area contributed by atoms with Gasteiger partial charge in [-0.15, -0.1) is 0 Å². The molecule has 0 unspecified atom stereocenters. The summed E-state index contributed by atoms with van der Waals surface area (Å²) >= 11 is 0. The van der Waals surface area contributed by atoms with Crippen LogP contribution < -0.4 is 11.1 Å². The Morgan fingerprint density at radius 1 is 1.44 bits per heavy atom. The van der Waals surface area contributed by atoms with Gasteiger partial charge in [0.1, 0.15) is 5.75 Å². The quantitative estimate of drug-likeness (QED) is 0.645. The van der Waals surface area contributed by atoms with Gasteiger partial charge in [-0.05, 0) is 31.5 Å². The smallest absolute Gasteiger partial charge is 0.257 e. The third kappa shape index (κ3) is 2.13. The van der Waals surface area contributed by atoms with Gasteiger partial charge in [-0.2, -0.15) is 5.10 Å². The number of aromatic amines is 1. The maximum absolute atomic E-state index is 11.9. The summed E-state index contributed by atoms with van der Waals surface area (Å²) in [6.07, 6.45) is 0. The first-order valence-corrected chi connectivity index (χ1v) is 5.40. The highest BCUT2D eigenvalue weighted by Gasteiger charge is 2.12. The molecule has 0 spiro atoms. The lowest BCUT2D eigenvalue weighted by Gasteiger charge is -2.05. The number of amides is 1. The molecule has 0 aliphatic rings. The second-order valence-corrected chi connectivity index (χ2v) is 4.07. The fraction of sp³-hybridized carbons (Fsp3) is 0.167. The van der Waals surface area contributed by atoms with Crippen LogP contribution in [0.3, 0.4) is 0 Å². The largest absolute Gasteiger partial charge is 0.508 e. The minimum atomic E-state index is -0.372. The number of nitrogens with zero attached hydrogens (tertiary/aromatic N) is 1. The van der Waals surface area contributed by atoms with Crippen molar-refractivity contribution in [1.29, 1.82) is 0 Å². The molecule has 1 aromatic carbocycles. The van der Waals surface area contributed by atoms with Crippen LogP contribution in [-0.2, 0) is 0 Å². The van der Waals surface area contributed by atoms with Crippen molar-refractivity contribution in [3.05, 3.63) is 35.0 Å². The zero-order valence-corrected chi connectivity index (χ0v) is 10.1. The third-order valence-electron chi connectivity index (χ3n) is 2.70. The molecule has 0 aliphatic carbocycles. The van der Waals surface area contributed by atoms with Gasteiger partial charge in [0.05, 0.1) is 11.4 Å². The van der Waals surface area contributed by atoms with Crippen LogP contribution in [-0.4, -0.2) is 21.2 Å². The van der Waals surface area contributed by atoms with Crippen LogP contribution in [0.5, 0.6) is 5.75 Å². The monoisotopic (exact) mass is 246 g/mol. The number of aromatic hydroxyl groups is 1. The summed E-state index contributed by atoms with van der Waals surface area (Å²) in [4.78, 5) is 11.9. The first-order valence-electron chi connectivity index (χ1n) is 5.40. The van der Waals surface area contributed by atoms with Crippen LogP contribution in [0.1, 0.15) is 21.6 Å². The number of benzene rings is 1. The number of carbonyl (C=O) groups is 1. The van der Waals surface area contributed by atoms with Crippen molar-refractivity contribution in [1.82, 2.24) is 10.2 Å². The number of hydrogen-bond acceptors (Lipinski definition) is 4. The molecule has 2 aromatic rings. The number of aromatic nitrogens is 2. The van der Waals surface area contributed by atoms with Crippen molar-refractivity contribution in [3.8, 4) is 5.75 Å². The molecule has 1 heterocycles. The fourth-order valence-corrected chi connectivity index (χ4v) is 1.46. The SMILES string of the molecule is Cc1ccc(C(=O)Nc2n[nH]c(C)c2N)cc1O. The molecule has 0 saturated heterocycles. The molecule has 0 atom stereocenters. The second kappa shape index (κ2) is 4.40. The molecule has 0 aliphatic heterocycles. The van der Waals surface area contributed by atoms with Crippen LogP contribution in [0.4, 0.5) is 11.5 Å². The van der Waals surface area contributed by atoms with Crippen molar-refractivity contribution >= 4 is 17.4 Å². The molecule has 2 rings (SSSR count). The highest BCUT2D eigenvalue weighted by atomic mass is 16.3. The van der Waals surface area contributed by atoms with Gasteiger partial charge < -0.3 is 16.2 Å². The van der Waals surface area contributed by atoms with E-state index in [0.29, 0.717) is 22.5 Å². The van der Waals surface area contributed by atoms with Crippen molar-refractivity contribution in [2.45, 2.75) is 13.8 Å². The first-order chi connectivity index (χ1) is 8.49. The Labute approximate surface area is 104 Å². The van der Waals surface area contributed by atoms with Gasteiger partial charge in [-0.1, -0.05) is 6.07 Å². The molecule has 0 fully saturated rings. The molecule has 6 nitrogen and oxygen atoms in total. The standard InChI is InChI=1S/C12H14N4O2/c1-6-3-4-8(5-9(6)17)12(18)14-11-10(13)7(2)15-16-11/h3-5,17H,13H2,1-2H3,(H2,14,15,16,18). The Morgan fingerprint density at radius 2 is 2.17 bits per heavy atom. The molecule has 0 saturated carbocycles. The predicted molar refractivity (Wildman–Crippen MR) is 68.5 cm³/mol. The van der Waals surface area contributed by atoms with E-state index in [2.05, 4.69) is 15.5 Å². The Kier molecular flexibility index (Phi) is 2.93. The lowest BCUT2D eigenvalue weighted by Crippen LogP contribution is -2.13. The number of nitrogens with two attached hydrogens (primary N) is 1. The van der Waals surface area contributed by atoms with Gasteiger partial charge in [-0.3, -0.25) is 9.89 Å². The van der Waals surface area contributed by atoms with E-state index in [1.54, 1.807) is 26.0 Å². The van der Waals surface area contributed by atoms with E-state index in [1.165, 1.54) is 6.07 Å². The van der Waals surface area contributed by atoms with E-state index in [4.69, 9.17) is 5.73 Å². The van der Waals surface area contributed by atoms with E-state index >= 15 is 0 Å². The zero-order valence-electron chi connectivity index (χ0n) is 10.1. The highest BCUT2D eigenvalue weighted by Crippen LogP contribution is 2.21. The number of nitrogen functional groups attached to an aromatic ring is 1. The van der Waals surface area contributed by atoms with Gasteiger partial charge >= 0.3 is 0 Å². The van der Waals surface area contributed by atoms with Crippen LogP contribution in [0.25, 0.3) is 0 Å². The van der Waals surface area contributed by atoms with E-state index in [1.807, 2.05) is 0 Å². The Hall–Kier alpha value is -2.50. The fourth-order valence-electron chi connectivity index (χ4n) is 1.46. The summed E-state index contributed by atoms with van der Waals surface area (Å²) in [7, 11) is 0. The number of aryl methyl sites for hydroxylation is 2. The van der Waals surface area contributed by atoms with Crippen molar-refractivity contribution in [2.24, 2.45) is 0 Å². The Morgan fingerprint density at radius 3 is 2.72 bits per heavy atom. The predicted octanol–water partition coefficient (Wildman–Crippen LogP) is 1.57. The average molecular weight is 246 g/mol. The number of H-pyrrole nitrogens is 1. The number of phenolic OH excluding ortho intramolecular Hbond substituents is 1. The number of phenols is 1. The molecule has 0 bridgehead atoms. The minimum absolute atomic E-state index is 0.0776. The summed E-state index contributed by atoms with van der Waals surface area (Å²) in [6, 6.07) is 4.70. The average Bonchev–Trinajstić information content (AvgIpc) is 2.64. The normalized spacial score (nSPS) is 10.3. The maximum Gasteiger partial charge on any atom is 0.257 e. The van der Waals surface area contributed by atoms with Gasteiger partial charge in [0, 0.05) is 5.56 Å². The molecular weight excluding hydrogens is 232 g/mol. The van der Waals surface area contributed by atoms with Gasteiger partial charge in [0.25, 0.3) is 5.91 Å². The third-order valence-corrected chi connectivity index (χ3v) is 2.70. The van der Waals surface area contributed by atoms with Gasteiger partial charge in [-0.25, -0.2) is 0 Å². The minimum Gasteiger partial charge on any atom is -0.508 e. The van der Waals surface area contributed by atoms with Crippen LogP contribution in [0, 0.1) is 13.8 Å². The molecule has 18 heavy (non-hydrogen) atoms. The maximum atomic E-state index is 11.9. The molecular formula is C12H14N4O2. The number of nitrogens with one attached hydrogen (secondary N) is 2. The molecule has 94 valence electrons. The highest BCUT2D eigenvalue weighted by molar-refractivity contribution is 6.05. The molecule has 6 heteroatoms. The van der Waals surface area contributed by atoms with E-state index < -0.39 is 0 Å². The second-order valence-electron chi connectivity index (χ2n) is 4.07. The lowest BCUT2D eigenvalue weighted by atomic mass is 10.1. The Balaban J connectivity index is 2.22. The number of rotatable bonds is 2. The number of carbonyl (C=O) groups excluding carboxylic acids is 1. The summed E-state index contributed by atoms with van der Waals surface area (Å²) in [6.45, 7) is 3.52. The molecule has 0 radical (unpaired) electrons. The summed E-state index contributed by atoms with van der Waals surface area (Å²) < 4.78 is 0. The number of hydrogen-bond donors (Lipinski definition) is 4. The summed E-state index contributed by atoms with van der Waals surface area (Å²) in [5.74, 6) is -0.00473. The lowest BCUT2D eigenvalue weighted by molar-refractivity contribution is 0.102. The van der Waals surface area contributed by atoms with E-state index in [-0.39, 0.29) is 17.5 Å². The summed E-state index contributed by atoms with van der Waals surface area (Å²) in [5, 5.41) is 18.7. The molecule has 1 aromatic heterocycles. The van der Waals surface area contributed by atoms with Crippen molar-refractivity contribution in [2.75, 3.05) is 11.1 Å². The van der Waals surface area contributed by atoms with E-state index in [9.17, 15) is 9.90 Å². The van der Waals surface area contributed by atoms with Crippen molar-refractivity contribution < 1.29 is 9.90 Å². The van der Waals surface area contributed by atoms with Crippen LogP contribution >= 0.6 is 0 Å². The number of anilines is 2. The Bertz CT molecular complexity index is 604. The molecule has 5 N–H and O–H groups in total. The van der Waals surface area contributed by atoms with Crippen LogP contribution in [0.2, 0.25) is 0 Å². The topological polar surface area (TPSA) is 104 Å². The summed E-state index contributed by atoms with van der Waals surface area (Å²) in [5.41, 5.74) is 7.87. The zero-order chi connectivity index (χ0) is 13.3. The first kappa shape index (κ1) is 12.0.